The van der Waals surface area contributed by atoms with Crippen molar-refractivity contribution in [3.05, 3.63) is 0 Å². The van der Waals surface area contributed by atoms with Crippen molar-refractivity contribution in [2.24, 2.45) is 0 Å². The molecule has 8 heteroatoms. The lowest BCUT2D eigenvalue weighted by Gasteiger charge is -1.98. The minimum absolute atomic E-state index is 0.583. The number of rotatable bonds is 1. The van der Waals surface area contributed by atoms with Gasteiger partial charge in [-0.05, 0) is 6.92 Å². The summed E-state index contributed by atoms with van der Waals surface area (Å²) in [7, 11) is -4.57. The van der Waals surface area contributed by atoms with Gasteiger partial charge in [-0.1, -0.05) is 0 Å². The van der Waals surface area contributed by atoms with Gasteiger partial charge in [-0.25, -0.2) is 4.57 Å². The zero-order chi connectivity index (χ0) is 11.9. The van der Waals surface area contributed by atoms with Gasteiger partial charge in [0, 0.05) is 6.92 Å². The summed E-state index contributed by atoms with van der Waals surface area (Å²) >= 11 is 0. The Hall–Kier alpha value is -0.460. The largest absolute Gasteiger partial charge is 0.526 e. The first kappa shape index (κ1) is 14.5. The number of ether oxygens (including phenoxy) is 2. The average molecular weight is 242 g/mol. The highest BCUT2D eigenvalue weighted by atomic mass is 31.2. The minimum Gasteiger partial charge on any atom is -0.377 e. The van der Waals surface area contributed by atoms with Crippen molar-refractivity contribution in [3.63, 3.8) is 0 Å². The maximum Gasteiger partial charge on any atom is 0.526 e. The van der Waals surface area contributed by atoms with Gasteiger partial charge < -0.3 is 14.0 Å². The number of hydrogen-bond donors (Lipinski definition) is 2. The Morgan fingerprint density at radius 3 is 1.80 bits per heavy atom. The van der Waals surface area contributed by atoms with E-state index in [-0.39, 0.29) is 0 Å². The van der Waals surface area contributed by atoms with Crippen molar-refractivity contribution in [1.82, 2.24) is 0 Å². The summed E-state index contributed by atoms with van der Waals surface area (Å²) in [5.74, 6) is -0.988. The normalized spacial score (nSPS) is 21.2. The van der Waals surface area contributed by atoms with E-state index in [1.807, 2.05) is 0 Å². The molecule has 1 atom stereocenters. The van der Waals surface area contributed by atoms with Crippen molar-refractivity contribution in [2.45, 2.75) is 20.0 Å². The van der Waals surface area contributed by atoms with Crippen molar-refractivity contribution >= 4 is 13.8 Å². The summed E-state index contributed by atoms with van der Waals surface area (Å²) in [4.78, 5) is 25.5. The Bertz CT molecular complexity index is 227. The predicted molar refractivity (Wildman–Crippen MR) is 50.0 cm³/mol. The van der Waals surface area contributed by atoms with Gasteiger partial charge >= 0.3 is 13.8 Å². The first-order valence-corrected chi connectivity index (χ1v) is 5.79. The van der Waals surface area contributed by atoms with Crippen LogP contribution in [0.4, 0.5) is 0 Å². The van der Waals surface area contributed by atoms with E-state index >= 15 is 0 Å². The van der Waals surface area contributed by atoms with E-state index in [0.717, 1.165) is 26.7 Å². The van der Waals surface area contributed by atoms with Gasteiger partial charge in [-0.2, -0.15) is 0 Å². The molecule has 0 amide bonds. The Balaban J connectivity index is 0.000000226. The van der Waals surface area contributed by atoms with E-state index in [2.05, 4.69) is 16.2 Å². The number of phosphoric acid groups is 1. The molecule has 2 aliphatic rings. The molecule has 0 spiro atoms. The monoisotopic (exact) mass is 242 g/mol. The number of hydrogen-bond acceptors (Lipinski definition) is 5. The molecule has 90 valence electrons. The Morgan fingerprint density at radius 2 is 1.80 bits per heavy atom. The number of carbonyl (C=O) groups is 1. The highest BCUT2D eigenvalue weighted by Gasteiger charge is 2.16. The molecule has 1 unspecified atom stereocenters. The summed E-state index contributed by atoms with van der Waals surface area (Å²) in [5, 5.41) is 0. The van der Waals surface area contributed by atoms with Crippen LogP contribution >= 0.6 is 7.82 Å². The highest BCUT2D eigenvalue weighted by Crippen LogP contribution is 2.35. The molecule has 0 aromatic rings. The topological polar surface area (TPSA) is 109 Å². The molecule has 0 aromatic carbocycles. The van der Waals surface area contributed by atoms with Crippen LogP contribution in [0.5, 0.6) is 0 Å². The van der Waals surface area contributed by atoms with Gasteiger partial charge in [0.1, 0.15) is 0 Å². The SMILES string of the molecule is C1CO1.CC(=O)OP(=O)(O)O.CC1CO1. The maximum absolute atomic E-state index is 9.74. The third-order valence-electron chi connectivity index (χ3n) is 0.952. The second-order valence-electron chi connectivity index (χ2n) is 2.83. The summed E-state index contributed by atoms with van der Waals surface area (Å²) in [6.07, 6.45) is 0.583. The molecule has 2 rings (SSSR count). The zero-order valence-corrected chi connectivity index (χ0v) is 9.48. The summed E-state index contributed by atoms with van der Waals surface area (Å²) in [6.45, 7) is 5.96. The van der Waals surface area contributed by atoms with E-state index in [4.69, 9.17) is 14.5 Å². The molecule has 2 N–H and O–H groups in total. The van der Waals surface area contributed by atoms with Crippen LogP contribution in [0.15, 0.2) is 0 Å². The molecule has 2 saturated heterocycles. The Labute approximate surface area is 87.6 Å². The summed E-state index contributed by atoms with van der Waals surface area (Å²) in [5.41, 5.74) is 0. The van der Waals surface area contributed by atoms with E-state index in [1.165, 1.54) is 0 Å². The van der Waals surface area contributed by atoms with Crippen LogP contribution in [-0.2, 0) is 23.4 Å². The second-order valence-corrected chi connectivity index (χ2v) is 3.99. The highest BCUT2D eigenvalue weighted by molar-refractivity contribution is 7.46. The molecular weight excluding hydrogens is 227 g/mol. The minimum atomic E-state index is -4.57. The molecule has 0 aliphatic carbocycles. The first-order valence-electron chi connectivity index (χ1n) is 4.26. The molecule has 2 heterocycles. The van der Waals surface area contributed by atoms with Gasteiger partial charge in [0.2, 0.25) is 0 Å². The lowest BCUT2D eigenvalue weighted by molar-refractivity contribution is -0.133. The number of carbonyl (C=O) groups excluding carboxylic acids is 1. The molecule has 7 nitrogen and oxygen atoms in total. The fourth-order valence-electron chi connectivity index (χ4n) is 0.264. The van der Waals surface area contributed by atoms with Crippen molar-refractivity contribution in [1.29, 1.82) is 0 Å². The van der Waals surface area contributed by atoms with Crippen LogP contribution in [0.3, 0.4) is 0 Å². The van der Waals surface area contributed by atoms with E-state index < -0.39 is 13.8 Å². The van der Waals surface area contributed by atoms with Gasteiger partial charge in [0.25, 0.3) is 0 Å². The van der Waals surface area contributed by atoms with Crippen molar-refractivity contribution < 1.29 is 33.1 Å². The smallest absolute Gasteiger partial charge is 0.377 e. The second kappa shape index (κ2) is 6.92. The Morgan fingerprint density at radius 1 is 1.47 bits per heavy atom. The zero-order valence-electron chi connectivity index (χ0n) is 8.58. The average Bonchev–Trinajstić information content (AvgIpc) is 2.77. The predicted octanol–water partition coefficient (Wildman–Crippen LogP) is 0.0639. The molecule has 0 radical (unpaired) electrons. The Kier molecular flexibility index (Phi) is 6.71. The van der Waals surface area contributed by atoms with E-state index in [1.54, 1.807) is 0 Å². The molecule has 0 aromatic heterocycles. The molecule has 0 bridgehead atoms. The maximum atomic E-state index is 9.74. The lowest BCUT2D eigenvalue weighted by Crippen LogP contribution is -1.94. The standard InChI is InChI=1S/C3H6O.C2H5O5P.C2H4O/c1-3-2-4-3;1-2(3)7-8(4,5)6;1-2-3-1/h3H,2H2,1H3;1H3,(H2,4,5,6);1-2H2. The van der Waals surface area contributed by atoms with Gasteiger partial charge in [-0.3, -0.25) is 14.6 Å². The van der Waals surface area contributed by atoms with Crippen LogP contribution in [0, 0.1) is 0 Å². The van der Waals surface area contributed by atoms with Crippen molar-refractivity contribution in [3.8, 4) is 0 Å². The number of epoxide rings is 2. The molecular formula is C7H15O7P. The van der Waals surface area contributed by atoms with E-state index in [0.29, 0.717) is 6.10 Å². The molecule has 15 heavy (non-hydrogen) atoms. The third kappa shape index (κ3) is 24.7. The first-order chi connectivity index (χ1) is 6.81. The van der Waals surface area contributed by atoms with Crippen LogP contribution in [-0.4, -0.2) is 41.7 Å². The van der Waals surface area contributed by atoms with Crippen LogP contribution in [0.25, 0.3) is 0 Å². The number of phosphoric ester groups is 1. The van der Waals surface area contributed by atoms with Crippen LogP contribution in [0.2, 0.25) is 0 Å². The van der Waals surface area contributed by atoms with Crippen molar-refractivity contribution in [2.75, 3.05) is 19.8 Å². The van der Waals surface area contributed by atoms with Crippen LogP contribution in [0.1, 0.15) is 13.8 Å². The molecule has 2 fully saturated rings. The van der Waals surface area contributed by atoms with Crippen LogP contribution < -0.4 is 0 Å². The fourth-order valence-corrected chi connectivity index (χ4v) is 0.599. The quantitative estimate of drug-likeness (QED) is 0.494. The third-order valence-corrected chi connectivity index (χ3v) is 1.45. The van der Waals surface area contributed by atoms with E-state index in [9.17, 15) is 9.36 Å². The lowest BCUT2D eigenvalue weighted by atomic mass is 10.6. The molecule has 0 saturated carbocycles. The van der Waals surface area contributed by atoms with Gasteiger partial charge in [0.05, 0.1) is 25.9 Å². The molecule has 2 aliphatic heterocycles. The summed E-state index contributed by atoms with van der Waals surface area (Å²) in [6, 6.07) is 0. The fraction of sp³-hybridized carbons (Fsp3) is 0.857. The summed E-state index contributed by atoms with van der Waals surface area (Å²) < 4.78 is 22.4. The van der Waals surface area contributed by atoms with Gasteiger partial charge in [0.15, 0.2) is 0 Å². The van der Waals surface area contributed by atoms with Gasteiger partial charge in [-0.15, -0.1) is 0 Å².